The third kappa shape index (κ3) is 1.74. The van der Waals surface area contributed by atoms with Gasteiger partial charge in [-0.2, -0.15) is 0 Å². The molecule has 1 aromatic carbocycles. The Labute approximate surface area is 90.6 Å². The molecule has 1 N–H and O–H groups in total. The summed E-state index contributed by atoms with van der Waals surface area (Å²) in [5, 5.41) is 3.41. The Bertz CT molecular complexity index is 358. The Balaban J connectivity index is 1.85. The fourth-order valence-electron chi connectivity index (χ4n) is 2.26. The first kappa shape index (κ1) is 9.22. The van der Waals surface area contributed by atoms with Crippen molar-refractivity contribution in [3.63, 3.8) is 0 Å². The van der Waals surface area contributed by atoms with Gasteiger partial charge in [0.15, 0.2) is 0 Å². The Morgan fingerprint density at radius 3 is 3.00 bits per heavy atom. The molecule has 2 nitrogen and oxygen atoms in total. The van der Waals surface area contributed by atoms with Gasteiger partial charge in [-0.1, -0.05) is 12.1 Å². The number of ether oxygens (including phenoxy) is 1. The summed E-state index contributed by atoms with van der Waals surface area (Å²) in [5.74, 6) is 1.12. The second-order valence-electron chi connectivity index (χ2n) is 4.49. The number of nitrogens with one attached hydrogen (secondary N) is 1. The molecule has 0 aromatic heterocycles. The Morgan fingerprint density at radius 1 is 1.27 bits per heavy atom. The minimum atomic E-state index is 0.485. The van der Waals surface area contributed by atoms with E-state index >= 15 is 0 Å². The monoisotopic (exact) mass is 203 g/mol. The van der Waals surface area contributed by atoms with Crippen LogP contribution in [0, 0.1) is 0 Å². The van der Waals surface area contributed by atoms with Gasteiger partial charge in [0, 0.05) is 12.1 Å². The zero-order valence-electron chi connectivity index (χ0n) is 8.96. The van der Waals surface area contributed by atoms with Crippen LogP contribution in [0.1, 0.15) is 30.4 Å². The lowest BCUT2D eigenvalue weighted by Crippen LogP contribution is -2.28. The number of benzene rings is 1. The highest BCUT2D eigenvalue weighted by Gasteiger charge is 2.21. The van der Waals surface area contributed by atoms with Crippen molar-refractivity contribution in [1.82, 2.24) is 5.32 Å². The first-order valence-corrected chi connectivity index (χ1v) is 5.91. The third-order valence-electron chi connectivity index (χ3n) is 3.45. The van der Waals surface area contributed by atoms with Crippen molar-refractivity contribution in [3.8, 4) is 5.75 Å². The van der Waals surface area contributed by atoms with Crippen LogP contribution in [0.5, 0.6) is 5.75 Å². The number of rotatable bonds is 2. The van der Waals surface area contributed by atoms with E-state index in [-0.39, 0.29) is 0 Å². The van der Waals surface area contributed by atoms with Crippen molar-refractivity contribution in [1.29, 1.82) is 0 Å². The van der Waals surface area contributed by atoms with Crippen LogP contribution in [0.3, 0.4) is 0 Å². The highest BCUT2D eigenvalue weighted by atomic mass is 16.5. The number of fused-ring (bicyclic) bond motifs is 1. The lowest BCUT2D eigenvalue weighted by molar-refractivity contribution is 0.118. The first-order chi connectivity index (χ1) is 7.43. The molecule has 0 radical (unpaired) electrons. The van der Waals surface area contributed by atoms with E-state index in [4.69, 9.17) is 4.74 Å². The maximum Gasteiger partial charge on any atom is 0.124 e. The molecule has 0 unspecified atom stereocenters. The molecule has 2 aliphatic rings. The molecule has 1 fully saturated rings. The second kappa shape index (κ2) is 3.86. The average Bonchev–Trinajstić information content (AvgIpc) is 2.23. The van der Waals surface area contributed by atoms with Gasteiger partial charge in [0.05, 0.1) is 6.10 Å². The fourth-order valence-corrected chi connectivity index (χ4v) is 2.26. The summed E-state index contributed by atoms with van der Waals surface area (Å²) in [5.41, 5.74) is 2.85. The van der Waals surface area contributed by atoms with Crippen molar-refractivity contribution < 1.29 is 4.74 Å². The van der Waals surface area contributed by atoms with Gasteiger partial charge in [-0.05, 0) is 43.9 Å². The summed E-state index contributed by atoms with van der Waals surface area (Å²) in [4.78, 5) is 0. The van der Waals surface area contributed by atoms with Gasteiger partial charge in [-0.25, -0.2) is 0 Å². The molecule has 1 saturated carbocycles. The summed E-state index contributed by atoms with van der Waals surface area (Å²) in [6, 6.07) is 6.46. The lowest BCUT2D eigenvalue weighted by Gasteiger charge is -2.29. The topological polar surface area (TPSA) is 21.3 Å². The summed E-state index contributed by atoms with van der Waals surface area (Å²) in [6.45, 7) is 2.07. The Kier molecular flexibility index (Phi) is 2.37. The Morgan fingerprint density at radius 2 is 2.20 bits per heavy atom. The highest BCUT2D eigenvalue weighted by molar-refractivity contribution is 5.41. The van der Waals surface area contributed by atoms with Crippen LogP contribution in [-0.2, 0) is 13.0 Å². The minimum Gasteiger partial charge on any atom is -0.490 e. The van der Waals surface area contributed by atoms with Crippen LogP contribution in [0.15, 0.2) is 18.2 Å². The zero-order valence-corrected chi connectivity index (χ0v) is 8.96. The largest absolute Gasteiger partial charge is 0.490 e. The van der Waals surface area contributed by atoms with Crippen molar-refractivity contribution >= 4 is 0 Å². The third-order valence-corrected chi connectivity index (χ3v) is 3.45. The molecule has 1 aliphatic carbocycles. The summed E-state index contributed by atoms with van der Waals surface area (Å²) in [6.07, 6.45) is 5.42. The molecule has 0 spiro atoms. The molecule has 1 aromatic rings. The quantitative estimate of drug-likeness (QED) is 0.796. The molecule has 0 atom stereocenters. The van der Waals surface area contributed by atoms with Crippen molar-refractivity contribution in [2.45, 2.75) is 38.3 Å². The van der Waals surface area contributed by atoms with Crippen molar-refractivity contribution in [2.75, 3.05) is 6.54 Å². The van der Waals surface area contributed by atoms with Crippen LogP contribution in [0.25, 0.3) is 0 Å². The van der Waals surface area contributed by atoms with Crippen LogP contribution in [0.2, 0.25) is 0 Å². The van der Waals surface area contributed by atoms with Gasteiger partial charge in [-0.3, -0.25) is 0 Å². The molecule has 0 amide bonds. The fraction of sp³-hybridized carbons (Fsp3) is 0.538. The van der Waals surface area contributed by atoms with Gasteiger partial charge in [0.1, 0.15) is 5.75 Å². The smallest absolute Gasteiger partial charge is 0.124 e. The molecular formula is C13H17NO. The zero-order chi connectivity index (χ0) is 10.1. The molecule has 1 aliphatic heterocycles. The SMILES string of the molecule is c1cc2c(c(OC3CCC3)c1)CNCC2. The van der Waals surface area contributed by atoms with E-state index in [1.54, 1.807) is 0 Å². The predicted molar refractivity (Wildman–Crippen MR) is 60.1 cm³/mol. The van der Waals surface area contributed by atoms with Gasteiger partial charge in [-0.15, -0.1) is 0 Å². The molecule has 0 bridgehead atoms. The maximum absolute atomic E-state index is 6.01. The van der Waals surface area contributed by atoms with Gasteiger partial charge in [0.25, 0.3) is 0 Å². The van der Waals surface area contributed by atoms with Gasteiger partial charge >= 0.3 is 0 Å². The minimum absolute atomic E-state index is 0.485. The van der Waals surface area contributed by atoms with E-state index < -0.39 is 0 Å². The number of hydrogen-bond donors (Lipinski definition) is 1. The van der Waals surface area contributed by atoms with Gasteiger partial charge < -0.3 is 10.1 Å². The predicted octanol–water partition coefficient (Wildman–Crippen LogP) is 2.26. The maximum atomic E-state index is 6.01. The van der Waals surface area contributed by atoms with Gasteiger partial charge in [0.2, 0.25) is 0 Å². The van der Waals surface area contributed by atoms with E-state index in [1.165, 1.54) is 30.4 Å². The van der Waals surface area contributed by atoms with Crippen LogP contribution >= 0.6 is 0 Å². The molecular weight excluding hydrogens is 186 g/mol. The Hall–Kier alpha value is -1.02. The molecule has 0 saturated heterocycles. The first-order valence-electron chi connectivity index (χ1n) is 5.91. The highest BCUT2D eigenvalue weighted by Crippen LogP contribution is 2.30. The summed E-state index contributed by atoms with van der Waals surface area (Å²) < 4.78 is 6.01. The van der Waals surface area contributed by atoms with Crippen molar-refractivity contribution in [2.24, 2.45) is 0 Å². The van der Waals surface area contributed by atoms with E-state index in [9.17, 15) is 0 Å². The average molecular weight is 203 g/mol. The standard InChI is InChI=1S/C13H17NO/c1-3-10-7-8-14-9-12(10)13(6-1)15-11-4-2-5-11/h1,3,6,11,14H,2,4-5,7-9H2. The summed E-state index contributed by atoms with van der Waals surface area (Å²) in [7, 11) is 0. The molecule has 3 rings (SSSR count). The molecule has 15 heavy (non-hydrogen) atoms. The van der Waals surface area contributed by atoms with Crippen LogP contribution in [-0.4, -0.2) is 12.6 Å². The molecule has 80 valence electrons. The number of hydrogen-bond acceptors (Lipinski definition) is 2. The van der Waals surface area contributed by atoms with E-state index in [0.29, 0.717) is 6.10 Å². The molecule has 2 heteroatoms. The van der Waals surface area contributed by atoms with E-state index in [2.05, 4.69) is 23.5 Å². The normalized spacial score (nSPS) is 20.5. The van der Waals surface area contributed by atoms with Crippen LogP contribution in [0.4, 0.5) is 0 Å². The van der Waals surface area contributed by atoms with E-state index in [1.807, 2.05) is 0 Å². The molecule has 1 heterocycles. The lowest BCUT2D eigenvalue weighted by atomic mass is 9.95. The van der Waals surface area contributed by atoms with Crippen molar-refractivity contribution in [3.05, 3.63) is 29.3 Å². The van der Waals surface area contributed by atoms with E-state index in [0.717, 1.165) is 25.3 Å². The van der Waals surface area contributed by atoms with Crippen LogP contribution < -0.4 is 10.1 Å². The second-order valence-corrected chi connectivity index (χ2v) is 4.49. The summed E-state index contributed by atoms with van der Waals surface area (Å²) >= 11 is 0.